The van der Waals surface area contributed by atoms with E-state index < -0.39 is 10.0 Å². The quantitative estimate of drug-likeness (QED) is 0.716. The van der Waals surface area contributed by atoms with Gasteiger partial charge in [0.25, 0.3) is 5.91 Å². The highest BCUT2D eigenvalue weighted by atomic mass is 35.5. The van der Waals surface area contributed by atoms with E-state index in [0.29, 0.717) is 42.4 Å². The van der Waals surface area contributed by atoms with Gasteiger partial charge < -0.3 is 10.1 Å². The maximum Gasteiger partial charge on any atom is 0.262 e. The number of benzene rings is 2. The molecule has 8 heteroatoms. The first-order valence-electron chi connectivity index (χ1n) is 9.57. The summed E-state index contributed by atoms with van der Waals surface area (Å²) in [7, 11) is -3.24. The van der Waals surface area contributed by atoms with Gasteiger partial charge in [0.05, 0.1) is 5.75 Å². The molecule has 0 saturated carbocycles. The molecular formula is C21H25ClN2O4S. The summed E-state index contributed by atoms with van der Waals surface area (Å²) in [5.74, 6) is 0.438. The van der Waals surface area contributed by atoms with Crippen molar-refractivity contribution in [2.24, 2.45) is 0 Å². The van der Waals surface area contributed by atoms with Gasteiger partial charge in [-0.3, -0.25) is 4.79 Å². The summed E-state index contributed by atoms with van der Waals surface area (Å²) in [5.41, 5.74) is 3.53. The highest BCUT2D eigenvalue weighted by molar-refractivity contribution is 7.89. The fourth-order valence-electron chi connectivity index (χ4n) is 3.29. The van der Waals surface area contributed by atoms with Crippen molar-refractivity contribution < 1.29 is 17.9 Å². The van der Waals surface area contributed by atoms with Crippen LogP contribution in [0.3, 0.4) is 0 Å². The fourth-order valence-corrected chi connectivity index (χ4v) is 4.88. The van der Waals surface area contributed by atoms with Crippen LogP contribution in [0.2, 0.25) is 5.02 Å². The number of carbonyl (C=O) groups excluding carboxylic acids is 1. The number of anilines is 1. The molecule has 156 valence electrons. The highest BCUT2D eigenvalue weighted by Crippen LogP contribution is 2.25. The molecule has 0 aromatic heterocycles. The predicted octanol–water partition coefficient (Wildman–Crippen LogP) is 3.76. The summed E-state index contributed by atoms with van der Waals surface area (Å²) in [6.45, 7) is 4.43. The Bertz CT molecular complexity index is 1010. The van der Waals surface area contributed by atoms with E-state index in [-0.39, 0.29) is 18.3 Å². The first-order chi connectivity index (χ1) is 13.8. The van der Waals surface area contributed by atoms with Crippen molar-refractivity contribution in [1.29, 1.82) is 0 Å². The smallest absolute Gasteiger partial charge is 0.262 e. The van der Waals surface area contributed by atoms with Gasteiger partial charge in [-0.15, -0.1) is 0 Å². The van der Waals surface area contributed by atoms with Crippen molar-refractivity contribution in [3.05, 3.63) is 58.1 Å². The molecule has 1 aliphatic rings. The van der Waals surface area contributed by atoms with Gasteiger partial charge in [-0.05, 0) is 66.8 Å². The molecule has 0 atom stereocenters. The monoisotopic (exact) mass is 436 g/mol. The lowest BCUT2D eigenvalue weighted by atomic mass is 10.0. The first kappa shape index (κ1) is 21.6. The standard InChI is InChI=1S/C21H25ClN2O4S/c1-3-10-29(26,27)24-9-8-16-4-5-18(12-17(16)13-24)23-21(25)14-28-19-6-7-20(22)15(2)11-19/h4-7,11-12H,3,8-10,13-14H2,1-2H3,(H,23,25). The third-order valence-electron chi connectivity index (χ3n) is 4.82. The molecule has 0 bridgehead atoms. The summed E-state index contributed by atoms with van der Waals surface area (Å²) in [5, 5.41) is 3.45. The molecule has 1 N–H and O–H groups in total. The van der Waals surface area contributed by atoms with Gasteiger partial charge in [-0.25, -0.2) is 8.42 Å². The largest absolute Gasteiger partial charge is 0.484 e. The van der Waals surface area contributed by atoms with E-state index >= 15 is 0 Å². The summed E-state index contributed by atoms with van der Waals surface area (Å²) in [4.78, 5) is 12.2. The molecule has 1 amide bonds. The van der Waals surface area contributed by atoms with Gasteiger partial charge in [-0.2, -0.15) is 4.31 Å². The lowest BCUT2D eigenvalue weighted by molar-refractivity contribution is -0.118. The van der Waals surface area contributed by atoms with Crippen molar-refractivity contribution in [3.8, 4) is 5.75 Å². The van der Waals surface area contributed by atoms with Crippen LogP contribution in [-0.2, 0) is 27.8 Å². The number of carbonyl (C=O) groups is 1. The number of fused-ring (bicyclic) bond motifs is 1. The van der Waals surface area contributed by atoms with Gasteiger partial charge >= 0.3 is 0 Å². The van der Waals surface area contributed by atoms with E-state index in [1.54, 1.807) is 18.2 Å². The highest BCUT2D eigenvalue weighted by Gasteiger charge is 2.26. The Balaban J connectivity index is 1.62. The number of nitrogens with zero attached hydrogens (tertiary/aromatic N) is 1. The third kappa shape index (κ3) is 5.50. The Labute approximate surface area is 176 Å². The molecule has 0 spiro atoms. The van der Waals surface area contributed by atoms with Crippen LogP contribution >= 0.6 is 11.6 Å². The molecule has 29 heavy (non-hydrogen) atoms. The van der Waals surface area contributed by atoms with Crippen LogP contribution in [0.4, 0.5) is 5.69 Å². The third-order valence-corrected chi connectivity index (χ3v) is 7.27. The van der Waals surface area contributed by atoms with Crippen molar-refractivity contribution in [1.82, 2.24) is 4.31 Å². The number of amides is 1. The Hall–Kier alpha value is -2.09. The second-order valence-corrected chi connectivity index (χ2v) is 9.63. The van der Waals surface area contributed by atoms with Gasteiger partial charge in [-0.1, -0.05) is 24.6 Å². The van der Waals surface area contributed by atoms with E-state index in [2.05, 4.69) is 5.32 Å². The Morgan fingerprint density at radius 1 is 1.21 bits per heavy atom. The van der Waals surface area contributed by atoms with Crippen molar-refractivity contribution in [3.63, 3.8) is 0 Å². The van der Waals surface area contributed by atoms with Crippen LogP contribution in [0, 0.1) is 6.92 Å². The molecule has 2 aromatic carbocycles. The second-order valence-electron chi connectivity index (χ2n) is 7.13. The number of ether oxygens (including phenoxy) is 1. The van der Waals surface area contributed by atoms with Crippen LogP contribution < -0.4 is 10.1 Å². The second kappa shape index (κ2) is 9.15. The zero-order valence-corrected chi connectivity index (χ0v) is 18.1. The van der Waals surface area contributed by atoms with Crippen LogP contribution in [-0.4, -0.2) is 37.5 Å². The molecular weight excluding hydrogens is 412 g/mol. The normalized spacial score (nSPS) is 14.3. The van der Waals surface area contributed by atoms with E-state index in [4.69, 9.17) is 16.3 Å². The SMILES string of the molecule is CCCS(=O)(=O)N1CCc2ccc(NC(=O)COc3ccc(Cl)c(C)c3)cc2C1. The maximum atomic E-state index is 12.4. The van der Waals surface area contributed by atoms with Crippen LogP contribution in [0.5, 0.6) is 5.75 Å². The Kier molecular flexibility index (Phi) is 6.82. The minimum absolute atomic E-state index is 0.130. The first-order valence-corrected chi connectivity index (χ1v) is 11.6. The number of halogens is 1. The average Bonchev–Trinajstić information content (AvgIpc) is 2.68. The van der Waals surface area contributed by atoms with E-state index in [1.165, 1.54) is 4.31 Å². The molecule has 6 nitrogen and oxygen atoms in total. The molecule has 3 rings (SSSR count). The van der Waals surface area contributed by atoms with Crippen LogP contribution in [0.1, 0.15) is 30.0 Å². The number of rotatable bonds is 7. The fraction of sp³-hybridized carbons (Fsp3) is 0.381. The summed E-state index contributed by atoms with van der Waals surface area (Å²) in [6, 6.07) is 10.8. The minimum atomic E-state index is -3.24. The van der Waals surface area contributed by atoms with Gasteiger partial charge in [0, 0.05) is 23.8 Å². The van der Waals surface area contributed by atoms with Gasteiger partial charge in [0.2, 0.25) is 10.0 Å². The molecule has 0 aliphatic carbocycles. The Morgan fingerprint density at radius 3 is 2.72 bits per heavy atom. The van der Waals surface area contributed by atoms with Gasteiger partial charge in [0.15, 0.2) is 6.61 Å². The molecule has 0 radical (unpaired) electrons. The lowest BCUT2D eigenvalue weighted by Gasteiger charge is -2.28. The molecule has 0 unspecified atom stereocenters. The van der Waals surface area contributed by atoms with Crippen molar-refractivity contribution >= 4 is 33.2 Å². The predicted molar refractivity (Wildman–Crippen MR) is 115 cm³/mol. The maximum absolute atomic E-state index is 12.4. The van der Waals surface area contributed by atoms with E-state index in [9.17, 15) is 13.2 Å². The number of aryl methyl sites for hydroxylation is 1. The summed E-state index contributed by atoms with van der Waals surface area (Å²) < 4.78 is 31.8. The minimum Gasteiger partial charge on any atom is -0.484 e. The summed E-state index contributed by atoms with van der Waals surface area (Å²) in [6.07, 6.45) is 1.26. The van der Waals surface area contributed by atoms with Crippen molar-refractivity contribution in [2.45, 2.75) is 33.2 Å². The number of sulfonamides is 1. The molecule has 0 saturated heterocycles. The number of hydrogen-bond acceptors (Lipinski definition) is 4. The van der Waals surface area contributed by atoms with Crippen molar-refractivity contribution in [2.75, 3.05) is 24.2 Å². The number of hydrogen-bond donors (Lipinski definition) is 1. The molecule has 0 fully saturated rings. The molecule has 2 aromatic rings. The number of nitrogens with one attached hydrogen (secondary N) is 1. The average molecular weight is 437 g/mol. The zero-order chi connectivity index (χ0) is 21.0. The van der Waals surface area contributed by atoms with Crippen LogP contribution in [0.15, 0.2) is 36.4 Å². The van der Waals surface area contributed by atoms with E-state index in [0.717, 1.165) is 16.7 Å². The van der Waals surface area contributed by atoms with Crippen LogP contribution in [0.25, 0.3) is 0 Å². The van der Waals surface area contributed by atoms with Gasteiger partial charge in [0.1, 0.15) is 5.75 Å². The summed E-state index contributed by atoms with van der Waals surface area (Å²) >= 11 is 5.99. The zero-order valence-electron chi connectivity index (χ0n) is 16.6. The topological polar surface area (TPSA) is 75.7 Å². The Morgan fingerprint density at radius 2 is 2.00 bits per heavy atom. The molecule has 1 aliphatic heterocycles. The van der Waals surface area contributed by atoms with E-state index in [1.807, 2.05) is 32.0 Å². The lowest BCUT2D eigenvalue weighted by Crippen LogP contribution is -2.37. The molecule has 1 heterocycles.